The molecule has 0 bridgehead atoms. The van der Waals surface area contributed by atoms with Crippen molar-refractivity contribution in [3.05, 3.63) is 78.4 Å². The molecule has 4 aromatic rings. The van der Waals surface area contributed by atoms with E-state index in [1.807, 2.05) is 24.7 Å². The number of rotatable bonds is 3. The van der Waals surface area contributed by atoms with Gasteiger partial charge in [0.2, 0.25) is 0 Å². The van der Waals surface area contributed by atoms with Crippen LogP contribution in [-0.2, 0) is 0 Å². The van der Waals surface area contributed by atoms with Crippen LogP contribution in [0.1, 0.15) is 22.9 Å². The maximum absolute atomic E-state index is 5.66. The summed E-state index contributed by atoms with van der Waals surface area (Å²) in [4.78, 5) is 7.56. The fourth-order valence-corrected chi connectivity index (χ4v) is 2.88. The fraction of sp³-hybridized carbons (Fsp3) is 0.118. The summed E-state index contributed by atoms with van der Waals surface area (Å²) in [5, 5.41) is 1.21. The lowest BCUT2D eigenvalue weighted by Gasteiger charge is -2.15. The third-order valence-corrected chi connectivity index (χ3v) is 3.89. The monoisotopic (exact) mass is 277 g/mol. The molecule has 0 aliphatic rings. The van der Waals surface area contributed by atoms with Gasteiger partial charge in [-0.2, -0.15) is 0 Å². The lowest BCUT2D eigenvalue weighted by molar-refractivity contribution is 0.461. The quantitative estimate of drug-likeness (QED) is 0.617. The molecule has 0 fully saturated rings. The normalized spacial score (nSPS) is 12.8. The molecule has 1 aromatic carbocycles. The molecular formula is C17H15N3O. The fourth-order valence-electron chi connectivity index (χ4n) is 2.88. The summed E-state index contributed by atoms with van der Waals surface area (Å²) >= 11 is 0. The molecule has 104 valence electrons. The predicted octanol–water partition coefficient (Wildman–Crippen LogP) is 3.90. The van der Waals surface area contributed by atoms with E-state index in [4.69, 9.17) is 4.42 Å². The third kappa shape index (κ3) is 1.88. The van der Waals surface area contributed by atoms with E-state index in [-0.39, 0.29) is 6.04 Å². The molecule has 0 saturated heterocycles. The number of H-pyrrole nitrogens is 1. The Bertz CT molecular complexity index is 823. The van der Waals surface area contributed by atoms with Crippen LogP contribution in [0.5, 0.6) is 0 Å². The number of imidazole rings is 1. The average molecular weight is 277 g/mol. The Morgan fingerprint density at radius 3 is 2.95 bits per heavy atom. The molecule has 21 heavy (non-hydrogen) atoms. The smallest absolute Gasteiger partial charge is 0.131 e. The van der Waals surface area contributed by atoms with Gasteiger partial charge < -0.3 is 14.0 Å². The summed E-state index contributed by atoms with van der Waals surface area (Å²) in [7, 11) is 0. The number of furan rings is 1. The molecular weight excluding hydrogens is 262 g/mol. The van der Waals surface area contributed by atoms with E-state index in [1.165, 1.54) is 22.0 Å². The first-order chi connectivity index (χ1) is 10.3. The number of aromatic amines is 1. The minimum absolute atomic E-state index is 0.0157. The zero-order chi connectivity index (χ0) is 14.2. The van der Waals surface area contributed by atoms with Crippen LogP contribution in [0.2, 0.25) is 0 Å². The molecule has 4 heteroatoms. The van der Waals surface area contributed by atoms with E-state index in [9.17, 15) is 0 Å². The third-order valence-electron chi connectivity index (χ3n) is 3.89. The van der Waals surface area contributed by atoms with Crippen LogP contribution in [-0.4, -0.2) is 14.5 Å². The second-order valence-corrected chi connectivity index (χ2v) is 5.17. The van der Waals surface area contributed by atoms with Crippen molar-refractivity contribution in [3.63, 3.8) is 0 Å². The molecule has 1 unspecified atom stereocenters. The van der Waals surface area contributed by atoms with Gasteiger partial charge in [0.1, 0.15) is 11.8 Å². The zero-order valence-electron chi connectivity index (χ0n) is 11.7. The highest BCUT2D eigenvalue weighted by Crippen LogP contribution is 2.33. The van der Waals surface area contributed by atoms with Crippen molar-refractivity contribution in [1.29, 1.82) is 0 Å². The summed E-state index contributed by atoms with van der Waals surface area (Å²) < 4.78 is 7.72. The van der Waals surface area contributed by atoms with Gasteiger partial charge in [0.15, 0.2) is 0 Å². The second-order valence-electron chi connectivity index (χ2n) is 5.17. The number of nitrogens with one attached hydrogen (secondary N) is 1. The number of hydrogen-bond acceptors (Lipinski definition) is 2. The summed E-state index contributed by atoms with van der Waals surface area (Å²) in [6.45, 7) is 2.11. The van der Waals surface area contributed by atoms with Gasteiger partial charge in [0.05, 0.1) is 12.6 Å². The number of benzene rings is 1. The largest absolute Gasteiger partial charge is 0.467 e. The van der Waals surface area contributed by atoms with Gasteiger partial charge in [0, 0.05) is 35.1 Å². The van der Waals surface area contributed by atoms with Crippen molar-refractivity contribution < 1.29 is 4.42 Å². The van der Waals surface area contributed by atoms with Crippen LogP contribution in [0.25, 0.3) is 10.9 Å². The Hall–Kier alpha value is -2.75. The zero-order valence-corrected chi connectivity index (χ0v) is 11.7. The average Bonchev–Trinajstić information content (AvgIpc) is 3.22. The van der Waals surface area contributed by atoms with E-state index in [0.29, 0.717) is 0 Å². The molecule has 0 saturated carbocycles. The highest BCUT2D eigenvalue weighted by atomic mass is 16.3. The standard InChI is InChI=1S/C17H15N3O/c1-12-4-2-5-13-14(10-19-16(12)13)17(15-6-3-9-21-15)20-8-7-18-11-20/h2-11,17,19H,1H3. The van der Waals surface area contributed by atoms with E-state index in [1.54, 1.807) is 12.5 Å². The Labute approximate surface area is 122 Å². The summed E-state index contributed by atoms with van der Waals surface area (Å²) in [5.74, 6) is 0.899. The molecule has 1 N–H and O–H groups in total. The minimum Gasteiger partial charge on any atom is -0.467 e. The van der Waals surface area contributed by atoms with E-state index < -0.39 is 0 Å². The molecule has 0 aliphatic heterocycles. The molecule has 0 radical (unpaired) electrons. The van der Waals surface area contributed by atoms with Crippen molar-refractivity contribution in [2.75, 3.05) is 0 Å². The molecule has 1 atom stereocenters. The predicted molar refractivity (Wildman–Crippen MR) is 81.2 cm³/mol. The number of aromatic nitrogens is 3. The molecule has 0 amide bonds. The van der Waals surface area contributed by atoms with Crippen molar-refractivity contribution >= 4 is 10.9 Å². The lowest BCUT2D eigenvalue weighted by Crippen LogP contribution is -2.09. The van der Waals surface area contributed by atoms with Gasteiger partial charge in [0.25, 0.3) is 0 Å². The first-order valence-corrected chi connectivity index (χ1v) is 6.92. The van der Waals surface area contributed by atoms with Crippen LogP contribution < -0.4 is 0 Å². The van der Waals surface area contributed by atoms with Crippen molar-refractivity contribution in [3.8, 4) is 0 Å². The Kier molecular flexibility index (Phi) is 2.67. The van der Waals surface area contributed by atoms with E-state index in [2.05, 4.69) is 45.9 Å². The maximum atomic E-state index is 5.66. The minimum atomic E-state index is -0.0157. The van der Waals surface area contributed by atoms with Gasteiger partial charge in [-0.3, -0.25) is 0 Å². The topological polar surface area (TPSA) is 46.8 Å². The molecule has 3 heterocycles. The molecule has 0 aliphatic carbocycles. The van der Waals surface area contributed by atoms with E-state index >= 15 is 0 Å². The van der Waals surface area contributed by atoms with Crippen LogP contribution >= 0.6 is 0 Å². The highest BCUT2D eigenvalue weighted by Gasteiger charge is 2.22. The van der Waals surface area contributed by atoms with Gasteiger partial charge in [-0.25, -0.2) is 4.98 Å². The Balaban J connectivity index is 1.96. The summed E-state index contributed by atoms with van der Waals surface area (Å²) in [5.41, 5.74) is 3.59. The Morgan fingerprint density at radius 1 is 1.24 bits per heavy atom. The second kappa shape index (κ2) is 4.66. The van der Waals surface area contributed by atoms with Gasteiger partial charge in [-0.15, -0.1) is 0 Å². The number of nitrogens with zero attached hydrogens (tertiary/aromatic N) is 2. The Morgan fingerprint density at radius 2 is 2.19 bits per heavy atom. The van der Waals surface area contributed by atoms with E-state index in [0.717, 1.165) is 5.76 Å². The first-order valence-electron chi connectivity index (χ1n) is 6.92. The highest BCUT2D eigenvalue weighted by molar-refractivity contribution is 5.86. The number of hydrogen-bond donors (Lipinski definition) is 1. The molecule has 4 nitrogen and oxygen atoms in total. The van der Waals surface area contributed by atoms with Gasteiger partial charge in [-0.1, -0.05) is 18.2 Å². The molecule has 0 spiro atoms. The summed E-state index contributed by atoms with van der Waals surface area (Å²) in [6, 6.07) is 10.2. The molecule has 4 rings (SSSR count). The summed E-state index contributed by atoms with van der Waals surface area (Å²) in [6.07, 6.45) is 9.34. The number of aryl methyl sites for hydroxylation is 1. The number of fused-ring (bicyclic) bond motifs is 1. The van der Waals surface area contributed by atoms with Gasteiger partial charge >= 0.3 is 0 Å². The van der Waals surface area contributed by atoms with Crippen LogP contribution in [0.15, 0.2) is 65.9 Å². The number of para-hydroxylation sites is 1. The SMILES string of the molecule is Cc1cccc2c(C(c3ccco3)n3ccnc3)c[nH]c12. The lowest BCUT2D eigenvalue weighted by atomic mass is 10.0. The van der Waals surface area contributed by atoms with Crippen LogP contribution in [0, 0.1) is 6.92 Å². The van der Waals surface area contributed by atoms with Crippen LogP contribution in [0.3, 0.4) is 0 Å². The first kappa shape index (κ1) is 12.0. The molecule has 3 aromatic heterocycles. The van der Waals surface area contributed by atoms with Crippen molar-refractivity contribution in [2.45, 2.75) is 13.0 Å². The van der Waals surface area contributed by atoms with Crippen molar-refractivity contribution in [1.82, 2.24) is 14.5 Å². The van der Waals surface area contributed by atoms with Crippen molar-refractivity contribution in [2.24, 2.45) is 0 Å². The van der Waals surface area contributed by atoms with Gasteiger partial charge in [-0.05, 0) is 24.6 Å². The van der Waals surface area contributed by atoms with Crippen LogP contribution in [0.4, 0.5) is 0 Å². The maximum Gasteiger partial charge on any atom is 0.131 e.